The molecule has 2 aliphatic rings. The highest BCUT2D eigenvalue weighted by molar-refractivity contribution is 7.89. The Kier molecular flexibility index (Phi) is 6.96. The molecule has 156 valence electrons. The first-order chi connectivity index (χ1) is 13.3. The van der Waals surface area contributed by atoms with Crippen molar-refractivity contribution in [3.63, 3.8) is 0 Å². The Morgan fingerprint density at radius 2 is 1.79 bits per heavy atom. The summed E-state index contributed by atoms with van der Waals surface area (Å²) in [6.07, 6.45) is 4.03. The van der Waals surface area contributed by atoms with Crippen LogP contribution in [0.15, 0.2) is 23.2 Å². The van der Waals surface area contributed by atoms with Gasteiger partial charge in [-0.3, -0.25) is 9.69 Å². The molecule has 9 heteroatoms. The number of carbonyl (C=O) groups is 1. The molecule has 28 heavy (non-hydrogen) atoms. The number of carbonyl (C=O) groups excluding carboxylic acids is 1. The van der Waals surface area contributed by atoms with E-state index in [1.807, 2.05) is 4.90 Å². The van der Waals surface area contributed by atoms with Crippen LogP contribution in [0.2, 0.25) is 5.15 Å². The molecular formula is C19H29ClN4O3S. The molecule has 1 N–H and O–H groups in total. The van der Waals surface area contributed by atoms with Crippen LogP contribution in [0.25, 0.3) is 0 Å². The van der Waals surface area contributed by atoms with Gasteiger partial charge in [-0.25, -0.2) is 18.1 Å². The Balaban J connectivity index is 1.49. The number of rotatable bonds is 5. The number of amides is 1. The molecule has 7 nitrogen and oxygen atoms in total. The van der Waals surface area contributed by atoms with Crippen molar-refractivity contribution < 1.29 is 13.2 Å². The van der Waals surface area contributed by atoms with Crippen molar-refractivity contribution in [3.8, 4) is 0 Å². The number of halogens is 1. The van der Waals surface area contributed by atoms with E-state index in [9.17, 15) is 13.2 Å². The quantitative estimate of drug-likeness (QED) is 0.726. The Morgan fingerprint density at radius 3 is 2.32 bits per heavy atom. The SMILES string of the molecule is CC(C)N1CCN(C(=O)C2CCC(NS(=O)(=O)c3ccc(Cl)nc3)CC2)CC1. The van der Waals surface area contributed by atoms with Gasteiger partial charge in [0.05, 0.1) is 0 Å². The smallest absolute Gasteiger partial charge is 0.242 e. The lowest BCUT2D eigenvalue weighted by Crippen LogP contribution is -2.52. The molecule has 1 aliphatic carbocycles. The highest BCUT2D eigenvalue weighted by atomic mass is 35.5. The van der Waals surface area contributed by atoms with Crippen LogP contribution < -0.4 is 4.72 Å². The third-order valence-electron chi connectivity index (χ3n) is 5.77. The van der Waals surface area contributed by atoms with Crippen LogP contribution in [0.3, 0.4) is 0 Å². The molecule has 0 unspecified atom stereocenters. The van der Waals surface area contributed by atoms with Gasteiger partial charge in [-0.1, -0.05) is 11.6 Å². The number of piperazine rings is 1. The van der Waals surface area contributed by atoms with Crippen LogP contribution in [0.4, 0.5) is 0 Å². The van der Waals surface area contributed by atoms with Crippen molar-refractivity contribution in [3.05, 3.63) is 23.5 Å². The van der Waals surface area contributed by atoms with Crippen LogP contribution in [0, 0.1) is 5.92 Å². The van der Waals surface area contributed by atoms with Gasteiger partial charge >= 0.3 is 0 Å². The zero-order chi connectivity index (χ0) is 20.3. The molecule has 1 amide bonds. The highest BCUT2D eigenvalue weighted by Crippen LogP contribution is 2.27. The van der Waals surface area contributed by atoms with Gasteiger partial charge in [-0.05, 0) is 51.7 Å². The van der Waals surface area contributed by atoms with Gasteiger partial charge in [0.15, 0.2) is 0 Å². The van der Waals surface area contributed by atoms with Crippen molar-refractivity contribution in [2.24, 2.45) is 5.92 Å². The van der Waals surface area contributed by atoms with Crippen molar-refractivity contribution >= 4 is 27.5 Å². The Bertz CT molecular complexity index is 769. The number of pyridine rings is 1. The Morgan fingerprint density at radius 1 is 1.14 bits per heavy atom. The zero-order valence-electron chi connectivity index (χ0n) is 16.5. The van der Waals surface area contributed by atoms with E-state index in [1.54, 1.807) is 0 Å². The van der Waals surface area contributed by atoms with Crippen LogP contribution in [-0.4, -0.2) is 67.4 Å². The maximum absolute atomic E-state index is 12.8. The molecule has 3 rings (SSSR count). The zero-order valence-corrected chi connectivity index (χ0v) is 18.0. The fraction of sp³-hybridized carbons (Fsp3) is 0.684. The number of hydrogen-bond donors (Lipinski definition) is 1. The number of sulfonamides is 1. The van der Waals surface area contributed by atoms with E-state index in [4.69, 9.17) is 11.6 Å². The van der Waals surface area contributed by atoms with Crippen LogP contribution in [-0.2, 0) is 14.8 Å². The van der Waals surface area contributed by atoms with E-state index in [0.29, 0.717) is 18.9 Å². The van der Waals surface area contributed by atoms with Crippen LogP contribution in [0.1, 0.15) is 39.5 Å². The molecule has 0 aromatic carbocycles. The first-order valence-corrected chi connectivity index (χ1v) is 11.8. The lowest BCUT2D eigenvalue weighted by atomic mass is 9.85. The highest BCUT2D eigenvalue weighted by Gasteiger charge is 2.32. The summed E-state index contributed by atoms with van der Waals surface area (Å²) in [5.74, 6) is 0.232. The third kappa shape index (κ3) is 5.23. The summed E-state index contributed by atoms with van der Waals surface area (Å²) >= 11 is 5.72. The van der Waals surface area contributed by atoms with Gasteiger partial charge < -0.3 is 4.90 Å². The summed E-state index contributed by atoms with van der Waals surface area (Å²) < 4.78 is 27.7. The van der Waals surface area contributed by atoms with Crippen molar-refractivity contribution in [2.75, 3.05) is 26.2 Å². The molecule has 1 aliphatic heterocycles. The van der Waals surface area contributed by atoms with Gasteiger partial charge in [0.1, 0.15) is 10.0 Å². The van der Waals surface area contributed by atoms with E-state index in [2.05, 4.69) is 28.5 Å². The fourth-order valence-electron chi connectivity index (χ4n) is 3.98. The van der Waals surface area contributed by atoms with E-state index >= 15 is 0 Å². The molecular weight excluding hydrogens is 400 g/mol. The topological polar surface area (TPSA) is 82.6 Å². The molecule has 1 saturated carbocycles. The molecule has 0 bridgehead atoms. The average Bonchev–Trinajstić information content (AvgIpc) is 2.68. The molecule has 1 aromatic heterocycles. The number of nitrogens with zero attached hydrogens (tertiary/aromatic N) is 3. The molecule has 2 heterocycles. The fourth-order valence-corrected chi connectivity index (χ4v) is 5.34. The monoisotopic (exact) mass is 428 g/mol. The summed E-state index contributed by atoms with van der Waals surface area (Å²) in [5.41, 5.74) is 0. The maximum Gasteiger partial charge on any atom is 0.242 e. The maximum atomic E-state index is 12.8. The minimum atomic E-state index is -3.62. The second-order valence-electron chi connectivity index (χ2n) is 7.94. The molecule has 0 radical (unpaired) electrons. The van der Waals surface area contributed by atoms with Gasteiger partial charge in [-0.2, -0.15) is 0 Å². The predicted octanol–water partition coefficient (Wildman–Crippen LogP) is 2.12. The Labute approximate surface area is 172 Å². The molecule has 1 aromatic rings. The van der Waals surface area contributed by atoms with E-state index < -0.39 is 10.0 Å². The van der Waals surface area contributed by atoms with Crippen molar-refractivity contribution in [1.29, 1.82) is 0 Å². The average molecular weight is 429 g/mol. The Hall–Kier alpha value is -1.22. The number of nitrogens with one attached hydrogen (secondary N) is 1. The number of hydrogen-bond acceptors (Lipinski definition) is 5. The lowest BCUT2D eigenvalue weighted by molar-refractivity contribution is -0.138. The van der Waals surface area contributed by atoms with E-state index in [1.165, 1.54) is 18.3 Å². The first-order valence-electron chi connectivity index (χ1n) is 9.93. The number of aromatic nitrogens is 1. The first kappa shape index (κ1) is 21.5. The molecule has 0 atom stereocenters. The van der Waals surface area contributed by atoms with Crippen LogP contribution in [0.5, 0.6) is 0 Å². The van der Waals surface area contributed by atoms with Gasteiger partial charge in [0.25, 0.3) is 0 Å². The standard InChI is InChI=1S/C19H29ClN4O3S/c1-14(2)23-9-11-24(12-10-23)19(25)15-3-5-16(6-4-15)22-28(26,27)17-7-8-18(20)21-13-17/h7-8,13-16,22H,3-6,9-12H2,1-2H3. The molecule has 2 fully saturated rings. The van der Waals surface area contributed by atoms with Gasteiger partial charge in [0, 0.05) is 50.4 Å². The minimum absolute atomic E-state index is 0.00329. The van der Waals surface area contributed by atoms with E-state index in [0.717, 1.165) is 39.0 Å². The summed E-state index contributed by atoms with van der Waals surface area (Å²) in [6, 6.07) is 3.27. The second-order valence-corrected chi connectivity index (χ2v) is 10.0. The summed E-state index contributed by atoms with van der Waals surface area (Å²) in [4.78, 5) is 21.1. The summed E-state index contributed by atoms with van der Waals surface area (Å²) in [6.45, 7) is 7.78. The molecule has 1 saturated heterocycles. The normalized spacial score (nSPS) is 24.5. The summed E-state index contributed by atoms with van der Waals surface area (Å²) in [7, 11) is -3.62. The second kappa shape index (κ2) is 9.07. The van der Waals surface area contributed by atoms with E-state index in [-0.39, 0.29) is 27.9 Å². The van der Waals surface area contributed by atoms with Gasteiger partial charge in [-0.15, -0.1) is 0 Å². The lowest BCUT2D eigenvalue weighted by Gasteiger charge is -2.39. The molecule has 0 spiro atoms. The van der Waals surface area contributed by atoms with Crippen molar-refractivity contribution in [2.45, 2.75) is 56.5 Å². The van der Waals surface area contributed by atoms with Gasteiger partial charge in [0.2, 0.25) is 15.9 Å². The summed E-state index contributed by atoms with van der Waals surface area (Å²) in [5, 5.41) is 0.257. The van der Waals surface area contributed by atoms with Crippen LogP contribution >= 0.6 is 11.6 Å². The largest absolute Gasteiger partial charge is 0.340 e. The van der Waals surface area contributed by atoms with Crippen molar-refractivity contribution in [1.82, 2.24) is 19.5 Å². The predicted molar refractivity (Wildman–Crippen MR) is 109 cm³/mol. The third-order valence-corrected chi connectivity index (χ3v) is 7.49. The minimum Gasteiger partial charge on any atom is -0.340 e.